The van der Waals surface area contributed by atoms with Crippen LogP contribution in [0.2, 0.25) is 0 Å². The van der Waals surface area contributed by atoms with E-state index in [0.717, 1.165) is 35.1 Å². The van der Waals surface area contributed by atoms with Crippen LogP contribution in [0.25, 0.3) is 16.7 Å². The smallest absolute Gasteiger partial charge is 0.251 e. The van der Waals surface area contributed by atoms with Crippen LogP contribution in [0, 0.1) is 11.7 Å². The zero-order valence-corrected chi connectivity index (χ0v) is 25.7. The molecule has 0 heterocycles. The largest absolute Gasteiger partial charge is 0.494 e. The Morgan fingerprint density at radius 2 is 1.70 bits per heavy atom. The van der Waals surface area contributed by atoms with Crippen molar-refractivity contribution < 1.29 is 24.1 Å². The number of rotatable bonds is 9. The molecule has 0 saturated carbocycles. The number of carbonyl (C=O) groups is 1. The molecular weight excluding hydrogens is 553 g/mol. The predicted molar refractivity (Wildman–Crippen MR) is 173 cm³/mol. The van der Waals surface area contributed by atoms with Gasteiger partial charge in [-0.2, -0.15) is 0 Å². The monoisotopic (exact) mass is 593 g/mol. The Hall–Kier alpha value is -4.26. The fourth-order valence-electron chi connectivity index (χ4n) is 6.25. The lowest BCUT2D eigenvalue weighted by Crippen LogP contribution is -2.23. The van der Waals surface area contributed by atoms with Crippen molar-refractivity contribution in [1.29, 1.82) is 0 Å². The van der Waals surface area contributed by atoms with Gasteiger partial charge in [0.15, 0.2) is 11.6 Å². The van der Waals surface area contributed by atoms with Gasteiger partial charge in [0.05, 0.1) is 13.7 Å². The molecule has 5 nitrogen and oxygen atoms in total. The van der Waals surface area contributed by atoms with Gasteiger partial charge in [0.25, 0.3) is 5.91 Å². The second-order valence-electron chi connectivity index (χ2n) is 11.8. The van der Waals surface area contributed by atoms with E-state index in [-0.39, 0.29) is 30.7 Å². The van der Waals surface area contributed by atoms with Gasteiger partial charge in [-0.15, -0.1) is 0 Å². The molecule has 1 aliphatic carbocycles. The first-order valence-electron chi connectivity index (χ1n) is 15.1. The summed E-state index contributed by atoms with van der Waals surface area (Å²) < 4.78 is 19.1. The van der Waals surface area contributed by atoms with Crippen LogP contribution in [-0.4, -0.2) is 29.8 Å². The number of aliphatic hydroxyl groups is 2. The van der Waals surface area contributed by atoms with E-state index in [1.165, 1.54) is 35.4 Å². The molecule has 44 heavy (non-hydrogen) atoms. The molecule has 1 aliphatic rings. The third kappa shape index (κ3) is 6.62. The van der Waals surface area contributed by atoms with E-state index in [0.29, 0.717) is 17.0 Å². The molecule has 3 atom stereocenters. The number of benzene rings is 4. The van der Waals surface area contributed by atoms with Crippen molar-refractivity contribution in [3.05, 3.63) is 130 Å². The van der Waals surface area contributed by atoms with E-state index in [1.807, 2.05) is 36.4 Å². The third-order valence-electron chi connectivity index (χ3n) is 9.05. The summed E-state index contributed by atoms with van der Waals surface area (Å²) in [7, 11) is 1.42. The maximum atomic E-state index is 14.1. The van der Waals surface area contributed by atoms with Gasteiger partial charge in [0.2, 0.25) is 0 Å². The third-order valence-corrected chi connectivity index (χ3v) is 9.05. The van der Waals surface area contributed by atoms with E-state index in [4.69, 9.17) is 4.74 Å². The molecule has 0 radical (unpaired) electrons. The van der Waals surface area contributed by atoms with Crippen LogP contribution in [0.15, 0.2) is 90.5 Å². The minimum absolute atomic E-state index is 0.175. The maximum absolute atomic E-state index is 14.1. The summed E-state index contributed by atoms with van der Waals surface area (Å²) in [6.45, 7) is 6.49. The quantitative estimate of drug-likeness (QED) is 0.187. The molecule has 228 valence electrons. The molecule has 0 bridgehead atoms. The standard InChI is InChI=1S/C38H40FNO4/c1-23-17-30(18-26-9-12-28(13-10-26)32-7-5-6-8-33(32)36(42)22-41)25(3)31-15-14-29(20-34(31)24(23)2)38(43)40-21-27-11-16-37(44-4)35(39)19-27/h5-16,19-20,25,30,36,41-42H,17-18,21-22H2,1-4H3,(H,40,43). The van der Waals surface area contributed by atoms with Crippen LogP contribution in [0.5, 0.6) is 5.75 Å². The Kier molecular flexibility index (Phi) is 9.62. The number of amides is 1. The van der Waals surface area contributed by atoms with Gasteiger partial charge in [0, 0.05) is 12.1 Å². The van der Waals surface area contributed by atoms with Gasteiger partial charge in [-0.25, -0.2) is 4.39 Å². The summed E-state index contributed by atoms with van der Waals surface area (Å²) >= 11 is 0. The van der Waals surface area contributed by atoms with Gasteiger partial charge in [-0.05, 0) is 107 Å². The molecule has 4 aromatic carbocycles. The Bertz CT molecular complexity index is 1680. The molecule has 0 spiro atoms. The average molecular weight is 594 g/mol. The number of fused-ring (bicyclic) bond motifs is 1. The van der Waals surface area contributed by atoms with Crippen LogP contribution >= 0.6 is 0 Å². The number of carbonyl (C=O) groups excluding carboxylic acids is 1. The molecule has 6 heteroatoms. The molecule has 3 unspecified atom stereocenters. The summed E-state index contributed by atoms with van der Waals surface area (Å²) in [5.74, 6) is 0.176. The van der Waals surface area contributed by atoms with Crippen molar-refractivity contribution in [2.45, 2.75) is 52.2 Å². The number of hydrogen-bond donors (Lipinski definition) is 3. The van der Waals surface area contributed by atoms with E-state index in [1.54, 1.807) is 12.1 Å². The van der Waals surface area contributed by atoms with Gasteiger partial charge in [0.1, 0.15) is 6.10 Å². The van der Waals surface area contributed by atoms with Crippen molar-refractivity contribution in [2.24, 2.45) is 5.92 Å². The zero-order valence-electron chi connectivity index (χ0n) is 25.7. The zero-order chi connectivity index (χ0) is 31.4. The number of allylic oxidation sites excluding steroid dienone is 2. The average Bonchev–Trinajstić information content (AvgIpc) is 3.13. The minimum atomic E-state index is -0.916. The molecule has 4 aromatic rings. The van der Waals surface area contributed by atoms with E-state index >= 15 is 0 Å². The van der Waals surface area contributed by atoms with Crippen LogP contribution < -0.4 is 10.1 Å². The van der Waals surface area contributed by atoms with Crippen molar-refractivity contribution in [1.82, 2.24) is 5.32 Å². The highest BCUT2D eigenvalue weighted by Gasteiger charge is 2.27. The van der Waals surface area contributed by atoms with Crippen LogP contribution in [0.4, 0.5) is 4.39 Å². The first-order chi connectivity index (χ1) is 21.2. The molecule has 5 rings (SSSR count). The lowest BCUT2D eigenvalue weighted by atomic mass is 9.80. The highest BCUT2D eigenvalue weighted by Crippen LogP contribution is 2.42. The molecular formula is C38H40FNO4. The minimum Gasteiger partial charge on any atom is -0.494 e. The highest BCUT2D eigenvalue weighted by atomic mass is 19.1. The molecule has 0 aliphatic heterocycles. The van der Waals surface area contributed by atoms with Crippen molar-refractivity contribution in [2.75, 3.05) is 13.7 Å². The van der Waals surface area contributed by atoms with Crippen LogP contribution in [0.1, 0.15) is 77.4 Å². The number of methoxy groups -OCH3 is 1. The van der Waals surface area contributed by atoms with Crippen molar-refractivity contribution in [3.8, 4) is 16.9 Å². The van der Waals surface area contributed by atoms with Gasteiger partial charge in [-0.3, -0.25) is 4.79 Å². The van der Waals surface area contributed by atoms with E-state index in [9.17, 15) is 19.4 Å². The first kappa shape index (κ1) is 31.2. The summed E-state index contributed by atoms with van der Waals surface area (Å²) in [5, 5.41) is 22.7. The van der Waals surface area contributed by atoms with Crippen molar-refractivity contribution >= 4 is 11.5 Å². The number of nitrogens with one attached hydrogen (secondary N) is 1. The van der Waals surface area contributed by atoms with Gasteiger partial charge >= 0.3 is 0 Å². The number of hydrogen-bond acceptors (Lipinski definition) is 4. The SMILES string of the molecule is COc1ccc(CNC(=O)c2ccc3c(c2)C(C)=C(C)CC(Cc2ccc(-c4ccccc4C(O)CO)cc2)C3C)cc1F. The molecule has 1 amide bonds. The Labute approximate surface area is 259 Å². The normalized spacial score (nSPS) is 17.1. The predicted octanol–water partition coefficient (Wildman–Crippen LogP) is 7.62. The fraction of sp³-hybridized carbons (Fsp3) is 0.289. The number of ether oxygens (including phenoxy) is 1. The maximum Gasteiger partial charge on any atom is 0.251 e. The molecule has 3 N–H and O–H groups in total. The Balaban J connectivity index is 1.32. The summed E-state index contributed by atoms with van der Waals surface area (Å²) in [6, 6.07) is 26.8. The van der Waals surface area contributed by atoms with Gasteiger partial charge in [-0.1, -0.05) is 73.2 Å². The second kappa shape index (κ2) is 13.6. The second-order valence-corrected chi connectivity index (χ2v) is 11.8. The summed E-state index contributed by atoms with van der Waals surface area (Å²) in [5.41, 5.74) is 9.99. The van der Waals surface area contributed by atoms with Crippen molar-refractivity contribution in [3.63, 3.8) is 0 Å². The van der Waals surface area contributed by atoms with E-state index in [2.05, 4.69) is 56.4 Å². The van der Waals surface area contributed by atoms with Crippen LogP contribution in [0.3, 0.4) is 0 Å². The first-order valence-corrected chi connectivity index (χ1v) is 15.1. The van der Waals surface area contributed by atoms with Crippen LogP contribution in [-0.2, 0) is 13.0 Å². The molecule has 0 fully saturated rings. The lowest BCUT2D eigenvalue weighted by Gasteiger charge is -2.24. The molecule has 0 saturated heterocycles. The highest BCUT2D eigenvalue weighted by molar-refractivity contribution is 5.95. The fourth-order valence-corrected chi connectivity index (χ4v) is 6.25. The topological polar surface area (TPSA) is 78.8 Å². The van der Waals surface area contributed by atoms with E-state index < -0.39 is 11.9 Å². The number of aliphatic hydroxyl groups excluding tert-OH is 2. The number of halogens is 1. The summed E-state index contributed by atoms with van der Waals surface area (Å²) in [4.78, 5) is 13.1. The lowest BCUT2D eigenvalue weighted by molar-refractivity contribution is 0.0950. The Morgan fingerprint density at radius 1 is 0.977 bits per heavy atom. The molecule has 0 aromatic heterocycles. The Morgan fingerprint density at radius 3 is 2.41 bits per heavy atom. The van der Waals surface area contributed by atoms with Gasteiger partial charge < -0.3 is 20.3 Å². The summed E-state index contributed by atoms with van der Waals surface area (Å²) in [6.07, 6.45) is 0.951.